The third-order valence-corrected chi connectivity index (χ3v) is 5.50. The van der Waals surface area contributed by atoms with Crippen LogP contribution in [0.5, 0.6) is 5.75 Å². The number of carbonyl (C=O) groups excluding carboxylic acids is 2. The number of benzene rings is 1. The molecule has 2 aromatic rings. The number of pyridine rings is 1. The summed E-state index contributed by atoms with van der Waals surface area (Å²) < 4.78 is 5.21. The highest BCUT2D eigenvalue weighted by Gasteiger charge is 2.23. The number of nitrogens with zero attached hydrogens (tertiary/aromatic N) is 4. The van der Waals surface area contributed by atoms with Gasteiger partial charge in [0.25, 0.3) is 5.91 Å². The van der Waals surface area contributed by atoms with E-state index in [9.17, 15) is 9.59 Å². The summed E-state index contributed by atoms with van der Waals surface area (Å²) in [5.74, 6) is 0.662. The minimum atomic E-state index is -0.169. The molecule has 8 nitrogen and oxygen atoms in total. The molecule has 8 heteroatoms. The number of hydrogen-bond donors (Lipinski definition) is 1. The molecule has 1 aliphatic heterocycles. The minimum Gasteiger partial charge on any atom is -0.497 e. The lowest BCUT2D eigenvalue weighted by Gasteiger charge is -2.22. The van der Waals surface area contributed by atoms with Crippen LogP contribution in [0.25, 0.3) is 0 Å². The number of anilines is 1. The van der Waals surface area contributed by atoms with Crippen LogP contribution < -0.4 is 10.1 Å². The van der Waals surface area contributed by atoms with Crippen molar-refractivity contribution in [3.8, 4) is 5.75 Å². The number of ether oxygens (including phenoxy) is 1. The van der Waals surface area contributed by atoms with E-state index in [4.69, 9.17) is 4.74 Å². The molecule has 0 spiro atoms. The van der Waals surface area contributed by atoms with E-state index in [0.29, 0.717) is 43.2 Å². The fraction of sp³-hybridized carbons (Fsp3) is 0.458. The van der Waals surface area contributed by atoms with Crippen LogP contribution in [0.4, 0.5) is 10.5 Å². The second-order valence-corrected chi connectivity index (χ2v) is 8.28. The topological polar surface area (TPSA) is 78.0 Å². The molecule has 0 atom stereocenters. The van der Waals surface area contributed by atoms with Gasteiger partial charge in [0.05, 0.1) is 12.7 Å². The van der Waals surface area contributed by atoms with Gasteiger partial charge < -0.3 is 24.8 Å². The number of aromatic nitrogens is 1. The van der Waals surface area contributed by atoms with Gasteiger partial charge in [0.2, 0.25) is 0 Å². The van der Waals surface area contributed by atoms with Gasteiger partial charge in [0.15, 0.2) is 0 Å². The Morgan fingerprint density at radius 3 is 2.66 bits per heavy atom. The maximum absolute atomic E-state index is 13.1. The first-order valence-corrected chi connectivity index (χ1v) is 11.0. The third-order valence-electron chi connectivity index (χ3n) is 5.50. The van der Waals surface area contributed by atoms with Gasteiger partial charge in [-0.1, -0.05) is 6.07 Å². The van der Waals surface area contributed by atoms with E-state index in [2.05, 4.69) is 29.3 Å². The Bertz CT molecular complexity index is 918. The molecule has 0 radical (unpaired) electrons. The van der Waals surface area contributed by atoms with E-state index in [1.165, 1.54) is 0 Å². The zero-order valence-electron chi connectivity index (χ0n) is 19.2. The summed E-state index contributed by atoms with van der Waals surface area (Å²) in [5.41, 5.74) is 2.37. The highest BCUT2D eigenvalue weighted by molar-refractivity contribution is 5.94. The Balaban J connectivity index is 1.56. The zero-order valence-corrected chi connectivity index (χ0v) is 19.2. The molecule has 0 saturated carbocycles. The lowest BCUT2D eigenvalue weighted by atomic mass is 10.1. The van der Waals surface area contributed by atoms with Crippen LogP contribution in [0, 0.1) is 0 Å². The smallest absolute Gasteiger partial charge is 0.321 e. The minimum absolute atomic E-state index is 0.0259. The van der Waals surface area contributed by atoms with Gasteiger partial charge >= 0.3 is 6.03 Å². The summed E-state index contributed by atoms with van der Waals surface area (Å²) in [6, 6.07) is 9.05. The lowest BCUT2D eigenvalue weighted by molar-refractivity contribution is 0.0762. The Kier molecular flexibility index (Phi) is 8.44. The second kappa shape index (κ2) is 11.5. The highest BCUT2D eigenvalue weighted by atomic mass is 16.5. The van der Waals surface area contributed by atoms with Gasteiger partial charge in [0, 0.05) is 50.3 Å². The fourth-order valence-electron chi connectivity index (χ4n) is 3.75. The number of rotatable bonds is 7. The van der Waals surface area contributed by atoms with Crippen molar-refractivity contribution in [2.75, 3.05) is 59.2 Å². The normalized spacial score (nSPS) is 14.2. The first-order valence-electron chi connectivity index (χ1n) is 11.0. The standard InChI is InChI=1S/C24H33N5O3/c1-27(2)10-5-7-19-15-20(18-25-17-19)23(30)28-11-6-12-29(14-13-28)24(31)26-21-8-4-9-22(16-21)32-3/h4,8-9,15-18H,5-7,10-14H2,1-3H3,(H,26,31). The van der Waals surface area contributed by atoms with E-state index in [1.54, 1.807) is 24.3 Å². The molecule has 1 N–H and O–H groups in total. The van der Waals surface area contributed by atoms with Crippen LogP contribution in [-0.4, -0.2) is 85.6 Å². The number of nitrogens with one attached hydrogen (secondary N) is 1. The average molecular weight is 440 g/mol. The van der Waals surface area contributed by atoms with E-state index < -0.39 is 0 Å². The zero-order chi connectivity index (χ0) is 22.9. The van der Waals surface area contributed by atoms with Crippen molar-refractivity contribution in [2.24, 2.45) is 0 Å². The maximum atomic E-state index is 13.1. The van der Waals surface area contributed by atoms with E-state index >= 15 is 0 Å². The molecule has 172 valence electrons. The van der Waals surface area contributed by atoms with Gasteiger partial charge in [0.1, 0.15) is 5.75 Å². The molecule has 1 saturated heterocycles. The molecular weight excluding hydrogens is 406 g/mol. The van der Waals surface area contributed by atoms with Crippen molar-refractivity contribution < 1.29 is 14.3 Å². The van der Waals surface area contributed by atoms with Crippen LogP contribution in [0.15, 0.2) is 42.7 Å². The summed E-state index contributed by atoms with van der Waals surface area (Å²) >= 11 is 0. The largest absolute Gasteiger partial charge is 0.497 e. The van der Waals surface area contributed by atoms with Crippen LogP contribution in [0.2, 0.25) is 0 Å². The van der Waals surface area contributed by atoms with Crippen molar-refractivity contribution in [2.45, 2.75) is 19.3 Å². The molecule has 0 unspecified atom stereocenters. The number of hydrogen-bond acceptors (Lipinski definition) is 5. The highest BCUT2D eigenvalue weighted by Crippen LogP contribution is 2.18. The lowest BCUT2D eigenvalue weighted by Crippen LogP contribution is -2.39. The van der Waals surface area contributed by atoms with E-state index in [0.717, 1.165) is 31.4 Å². The number of amides is 3. The number of methoxy groups -OCH3 is 1. The molecule has 3 amide bonds. The molecule has 2 heterocycles. The molecule has 3 rings (SSSR count). The summed E-state index contributed by atoms with van der Waals surface area (Å²) in [6.07, 6.45) is 6.11. The van der Waals surface area contributed by atoms with Crippen LogP contribution in [0.1, 0.15) is 28.8 Å². The quantitative estimate of drug-likeness (QED) is 0.718. The molecule has 0 bridgehead atoms. The molecule has 1 aromatic heterocycles. The SMILES string of the molecule is COc1cccc(NC(=O)N2CCCN(C(=O)c3cncc(CCCN(C)C)c3)CC2)c1. The predicted molar refractivity (Wildman–Crippen MR) is 125 cm³/mol. The number of urea groups is 1. The van der Waals surface area contributed by atoms with Crippen molar-refractivity contribution >= 4 is 17.6 Å². The summed E-state index contributed by atoms with van der Waals surface area (Å²) in [4.78, 5) is 35.8. The Morgan fingerprint density at radius 1 is 1.09 bits per heavy atom. The average Bonchev–Trinajstić information content (AvgIpc) is 3.05. The Morgan fingerprint density at radius 2 is 1.88 bits per heavy atom. The molecule has 32 heavy (non-hydrogen) atoms. The van der Waals surface area contributed by atoms with Gasteiger partial charge in [-0.05, 0) is 63.7 Å². The Hall–Kier alpha value is -3.13. The van der Waals surface area contributed by atoms with Crippen molar-refractivity contribution in [3.63, 3.8) is 0 Å². The number of carbonyl (C=O) groups is 2. The summed E-state index contributed by atoms with van der Waals surface area (Å²) in [6.45, 7) is 3.19. The van der Waals surface area contributed by atoms with Crippen LogP contribution in [-0.2, 0) is 6.42 Å². The second-order valence-electron chi connectivity index (χ2n) is 8.28. The third kappa shape index (κ3) is 6.68. The predicted octanol–water partition coefficient (Wildman–Crippen LogP) is 2.96. The van der Waals surface area contributed by atoms with Gasteiger partial charge in [-0.15, -0.1) is 0 Å². The summed E-state index contributed by atoms with van der Waals surface area (Å²) in [5, 5.41) is 2.91. The first kappa shape index (κ1) is 23.5. The molecule has 1 aromatic carbocycles. The van der Waals surface area contributed by atoms with Gasteiger partial charge in [-0.3, -0.25) is 9.78 Å². The Labute approximate surface area is 190 Å². The summed E-state index contributed by atoms with van der Waals surface area (Å²) in [7, 11) is 5.70. The van der Waals surface area contributed by atoms with Crippen molar-refractivity contribution in [3.05, 3.63) is 53.9 Å². The van der Waals surface area contributed by atoms with Crippen molar-refractivity contribution in [1.82, 2.24) is 19.7 Å². The molecule has 1 aliphatic rings. The van der Waals surface area contributed by atoms with Crippen molar-refractivity contribution in [1.29, 1.82) is 0 Å². The molecule has 1 fully saturated rings. The molecule has 0 aliphatic carbocycles. The van der Waals surface area contributed by atoms with E-state index in [1.807, 2.05) is 35.4 Å². The monoisotopic (exact) mass is 439 g/mol. The molecular formula is C24H33N5O3. The van der Waals surface area contributed by atoms with Gasteiger partial charge in [-0.2, -0.15) is 0 Å². The van der Waals surface area contributed by atoms with Gasteiger partial charge in [-0.25, -0.2) is 4.79 Å². The fourth-order valence-corrected chi connectivity index (χ4v) is 3.75. The first-order chi connectivity index (χ1) is 15.5. The number of aryl methyl sites for hydroxylation is 1. The van der Waals surface area contributed by atoms with Crippen LogP contribution in [0.3, 0.4) is 0 Å². The van der Waals surface area contributed by atoms with Crippen LogP contribution >= 0.6 is 0 Å². The maximum Gasteiger partial charge on any atom is 0.321 e. The van der Waals surface area contributed by atoms with E-state index in [-0.39, 0.29) is 11.9 Å².